The van der Waals surface area contributed by atoms with Crippen molar-refractivity contribution in [3.05, 3.63) is 106 Å². The van der Waals surface area contributed by atoms with Crippen molar-refractivity contribution in [2.45, 2.75) is 31.6 Å². The highest BCUT2D eigenvalue weighted by Gasteiger charge is 2.54. The van der Waals surface area contributed by atoms with Gasteiger partial charge in [0, 0.05) is 0 Å². The van der Waals surface area contributed by atoms with Gasteiger partial charge in [0.25, 0.3) is 11.8 Å². The summed E-state index contributed by atoms with van der Waals surface area (Å²) in [4.78, 5) is 28.0. The number of amides is 2. The number of nitriles is 1. The van der Waals surface area contributed by atoms with E-state index in [9.17, 15) is 19.2 Å². The molecule has 158 valence electrons. The van der Waals surface area contributed by atoms with Gasteiger partial charge in [0.2, 0.25) is 0 Å². The van der Waals surface area contributed by atoms with Gasteiger partial charge in [-0.3, -0.25) is 14.5 Å². The Morgan fingerprint density at radius 3 is 2.31 bits per heavy atom. The van der Waals surface area contributed by atoms with Crippen LogP contribution in [0.3, 0.4) is 0 Å². The van der Waals surface area contributed by atoms with Crippen LogP contribution in [0.25, 0.3) is 0 Å². The molecule has 3 aromatic rings. The normalized spacial score (nSPS) is 20.1. The van der Waals surface area contributed by atoms with Crippen LogP contribution in [0, 0.1) is 17.1 Å². The van der Waals surface area contributed by atoms with Crippen molar-refractivity contribution in [1.82, 2.24) is 4.90 Å². The van der Waals surface area contributed by atoms with Crippen molar-refractivity contribution in [3.63, 3.8) is 0 Å². The molecule has 6 heteroatoms. The lowest BCUT2D eigenvalue weighted by atomic mass is 9.77. The third-order valence-electron chi connectivity index (χ3n) is 6.36. The average molecular weight is 426 g/mol. The van der Waals surface area contributed by atoms with Crippen LogP contribution in [0.15, 0.2) is 66.7 Å². The number of fused-ring (bicyclic) bond motifs is 2. The highest BCUT2D eigenvalue weighted by molar-refractivity contribution is 6.21. The molecule has 2 unspecified atom stereocenters. The fourth-order valence-electron chi connectivity index (χ4n) is 4.96. The summed E-state index contributed by atoms with van der Waals surface area (Å²) in [5, 5.41) is 9.31. The van der Waals surface area contributed by atoms with Crippen molar-refractivity contribution in [2.24, 2.45) is 0 Å². The minimum Gasteiger partial charge on any atom is -0.359 e. The van der Waals surface area contributed by atoms with Gasteiger partial charge in [-0.1, -0.05) is 37.3 Å². The minimum atomic E-state index is -1.18. The summed E-state index contributed by atoms with van der Waals surface area (Å²) in [6.07, 6.45) is 0.419. The van der Waals surface area contributed by atoms with E-state index in [4.69, 9.17) is 4.74 Å². The quantitative estimate of drug-likeness (QED) is 0.574. The number of ether oxygens (including phenoxy) is 1. The number of carbonyl (C=O) groups is 2. The smallest absolute Gasteiger partial charge is 0.261 e. The van der Waals surface area contributed by atoms with Gasteiger partial charge in [-0.25, -0.2) is 4.39 Å². The van der Waals surface area contributed by atoms with Crippen LogP contribution < -0.4 is 0 Å². The predicted molar refractivity (Wildman–Crippen MR) is 114 cm³/mol. The van der Waals surface area contributed by atoms with Gasteiger partial charge in [-0.15, -0.1) is 0 Å². The highest BCUT2D eigenvalue weighted by Crippen LogP contribution is 2.48. The lowest BCUT2D eigenvalue weighted by Crippen LogP contribution is -2.53. The lowest BCUT2D eigenvalue weighted by molar-refractivity contribution is -0.0576. The Morgan fingerprint density at radius 1 is 1.06 bits per heavy atom. The van der Waals surface area contributed by atoms with Gasteiger partial charge in [-0.05, 0) is 59.5 Å². The van der Waals surface area contributed by atoms with E-state index in [-0.39, 0.29) is 18.4 Å². The Morgan fingerprint density at radius 2 is 1.72 bits per heavy atom. The summed E-state index contributed by atoms with van der Waals surface area (Å²) in [5.74, 6) is -1.13. The van der Waals surface area contributed by atoms with Crippen LogP contribution in [0.4, 0.5) is 4.39 Å². The lowest BCUT2D eigenvalue weighted by Gasteiger charge is -2.41. The number of hydrogen-bond acceptors (Lipinski definition) is 4. The summed E-state index contributed by atoms with van der Waals surface area (Å²) in [7, 11) is 0. The number of rotatable bonds is 4. The number of imide groups is 1. The zero-order valence-corrected chi connectivity index (χ0v) is 17.3. The fraction of sp³-hybridized carbons (Fsp3) is 0.192. The highest BCUT2D eigenvalue weighted by atomic mass is 19.1. The van der Waals surface area contributed by atoms with Gasteiger partial charge in [0.15, 0.2) is 0 Å². The molecule has 2 aliphatic rings. The summed E-state index contributed by atoms with van der Waals surface area (Å²) in [6.45, 7) is 2.10. The Balaban J connectivity index is 1.72. The average Bonchev–Trinajstić information content (AvgIpc) is 3.32. The number of carbonyl (C=O) groups excluding carboxylic acids is 2. The second kappa shape index (κ2) is 7.40. The van der Waals surface area contributed by atoms with E-state index in [1.807, 2.05) is 13.0 Å². The molecule has 5 nitrogen and oxygen atoms in total. The molecule has 5 rings (SSSR count). The molecule has 0 N–H and O–H groups in total. The van der Waals surface area contributed by atoms with Crippen LogP contribution in [-0.4, -0.2) is 22.8 Å². The van der Waals surface area contributed by atoms with Crippen LogP contribution in [0.1, 0.15) is 56.3 Å². The van der Waals surface area contributed by atoms with E-state index in [1.54, 1.807) is 48.5 Å². The van der Waals surface area contributed by atoms with Crippen molar-refractivity contribution in [3.8, 4) is 6.07 Å². The van der Waals surface area contributed by atoms with E-state index >= 15 is 0 Å². The number of nitrogens with zero attached hydrogens (tertiary/aromatic N) is 2. The maximum Gasteiger partial charge on any atom is 0.261 e. The Bertz CT molecular complexity index is 1260. The predicted octanol–water partition coefficient (Wildman–Crippen LogP) is 4.55. The molecule has 3 aromatic carbocycles. The van der Waals surface area contributed by atoms with Gasteiger partial charge in [0.1, 0.15) is 11.4 Å². The first-order valence-corrected chi connectivity index (χ1v) is 10.4. The van der Waals surface area contributed by atoms with Gasteiger partial charge < -0.3 is 4.74 Å². The van der Waals surface area contributed by atoms with E-state index in [2.05, 4.69) is 6.07 Å². The SMILES string of the molecule is CCC(N1C(=O)c2ccccc2C1=O)C1(c2ccc(F)cc2)OCc2cc(C#N)ccc21. The van der Waals surface area contributed by atoms with Crippen molar-refractivity contribution in [2.75, 3.05) is 0 Å². The van der Waals surface area contributed by atoms with Crippen molar-refractivity contribution in [1.29, 1.82) is 5.26 Å². The van der Waals surface area contributed by atoms with Crippen LogP contribution in [0.5, 0.6) is 0 Å². The van der Waals surface area contributed by atoms with Crippen LogP contribution >= 0.6 is 0 Å². The first kappa shape index (κ1) is 20.1. The minimum absolute atomic E-state index is 0.210. The number of halogens is 1. The standard InChI is InChI=1S/C26H19FN2O3/c1-2-23(29-24(30)20-5-3-4-6-21(20)25(29)31)26(18-8-10-19(27)11-9-18)22-12-7-16(14-28)13-17(22)15-32-26/h3-13,23H,2,15H2,1H3. The second-order valence-corrected chi connectivity index (χ2v) is 7.96. The van der Waals surface area contributed by atoms with Crippen molar-refractivity contribution < 1.29 is 18.7 Å². The molecule has 2 atom stereocenters. The first-order chi connectivity index (χ1) is 15.5. The molecule has 0 spiro atoms. The van der Waals surface area contributed by atoms with E-state index in [1.165, 1.54) is 17.0 Å². The summed E-state index contributed by atoms with van der Waals surface area (Å²) >= 11 is 0. The van der Waals surface area contributed by atoms with Gasteiger partial charge in [0.05, 0.1) is 35.4 Å². The number of hydrogen-bond donors (Lipinski definition) is 0. The molecule has 0 aliphatic carbocycles. The van der Waals surface area contributed by atoms with E-state index in [0.29, 0.717) is 28.7 Å². The van der Waals surface area contributed by atoms with Crippen LogP contribution in [0.2, 0.25) is 0 Å². The van der Waals surface area contributed by atoms with Crippen LogP contribution in [-0.2, 0) is 16.9 Å². The monoisotopic (exact) mass is 426 g/mol. The molecule has 2 amide bonds. The molecule has 0 radical (unpaired) electrons. The van der Waals surface area contributed by atoms with E-state index < -0.39 is 17.5 Å². The zero-order chi connectivity index (χ0) is 22.5. The molecule has 0 saturated carbocycles. The molecular weight excluding hydrogens is 407 g/mol. The topological polar surface area (TPSA) is 70.4 Å². The third-order valence-corrected chi connectivity index (χ3v) is 6.36. The second-order valence-electron chi connectivity index (χ2n) is 7.96. The van der Waals surface area contributed by atoms with Gasteiger partial charge in [-0.2, -0.15) is 5.26 Å². The molecule has 0 aromatic heterocycles. The zero-order valence-electron chi connectivity index (χ0n) is 17.3. The molecule has 2 aliphatic heterocycles. The molecule has 0 saturated heterocycles. The Kier molecular flexibility index (Phi) is 4.65. The molecule has 0 fully saturated rings. The van der Waals surface area contributed by atoms with E-state index in [0.717, 1.165) is 11.1 Å². The Hall–Kier alpha value is -3.82. The summed E-state index contributed by atoms with van der Waals surface area (Å²) < 4.78 is 20.2. The maximum atomic E-state index is 13.8. The number of benzene rings is 3. The summed E-state index contributed by atoms with van der Waals surface area (Å²) in [5.41, 5.74) is 2.27. The molecule has 0 bridgehead atoms. The largest absolute Gasteiger partial charge is 0.359 e. The molecule has 2 heterocycles. The maximum absolute atomic E-state index is 13.8. The Labute approximate surface area is 184 Å². The third kappa shape index (κ3) is 2.72. The molecule has 32 heavy (non-hydrogen) atoms. The molecular formula is C26H19FN2O3. The summed E-state index contributed by atoms with van der Waals surface area (Å²) in [6, 6.07) is 19.4. The fourth-order valence-corrected chi connectivity index (χ4v) is 4.96. The van der Waals surface area contributed by atoms with Gasteiger partial charge >= 0.3 is 0 Å². The van der Waals surface area contributed by atoms with Crippen molar-refractivity contribution >= 4 is 11.8 Å². The first-order valence-electron chi connectivity index (χ1n) is 10.4.